The fraction of sp³-hybridized carbons (Fsp3) is 0.417. The minimum absolute atomic E-state index is 0.0394. The van der Waals surface area contributed by atoms with Gasteiger partial charge in [0.05, 0.1) is 12.7 Å². The van der Waals surface area contributed by atoms with E-state index in [0.717, 1.165) is 17.4 Å². The molecule has 0 aliphatic carbocycles. The van der Waals surface area contributed by atoms with Gasteiger partial charge in [0.1, 0.15) is 6.61 Å². The van der Waals surface area contributed by atoms with E-state index >= 15 is 0 Å². The number of hydrogen-bond acceptors (Lipinski definition) is 4. The SMILES string of the molecule is Cc1cccc(CC(=O)OCCNS(C)(=O)=O)c1. The molecule has 0 heterocycles. The second kappa shape index (κ2) is 6.51. The van der Waals surface area contributed by atoms with Crippen LogP contribution in [0.25, 0.3) is 0 Å². The second-order valence-electron chi connectivity index (χ2n) is 4.05. The number of carbonyl (C=O) groups is 1. The number of sulfonamides is 1. The molecule has 5 nitrogen and oxygen atoms in total. The van der Waals surface area contributed by atoms with E-state index in [4.69, 9.17) is 4.74 Å². The van der Waals surface area contributed by atoms with Crippen molar-refractivity contribution in [1.82, 2.24) is 4.72 Å². The topological polar surface area (TPSA) is 72.5 Å². The first-order valence-corrected chi connectivity index (χ1v) is 7.42. The lowest BCUT2D eigenvalue weighted by atomic mass is 10.1. The summed E-state index contributed by atoms with van der Waals surface area (Å²) in [5.74, 6) is -0.365. The Morgan fingerprint density at radius 3 is 2.72 bits per heavy atom. The van der Waals surface area contributed by atoms with E-state index in [0.29, 0.717) is 0 Å². The van der Waals surface area contributed by atoms with Gasteiger partial charge in [-0.05, 0) is 12.5 Å². The Morgan fingerprint density at radius 1 is 1.39 bits per heavy atom. The summed E-state index contributed by atoms with van der Waals surface area (Å²) in [4.78, 5) is 11.4. The number of rotatable bonds is 6. The summed E-state index contributed by atoms with van der Waals surface area (Å²) in [5.41, 5.74) is 1.97. The van der Waals surface area contributed by atoms with Crippen molar-refractivity contribution in [2.45, 2.75) is 13.3 Å². The molecule has 0 amide bonds. The Hall–Kier alpha value is -1.40. The van der Waals surface area contributed by atoms with E-state index in [1.165, 1.54) is 0 Å². The molecule has 0 spiro atoms. The third kappa shape index (κ3) is 6.36. The monoisotopic (exact) mass is 271 g/mol. The van der Waals surface area contributed by atoms with Crippen LogP contribution in [0.3, 0.4) is 0 Å². The minimum Gasteiger partial charge on any atom is -0.464 e. The number of carbonyl (C=O) groups excluding carboxylic acids is 1. The first kappa shape index (κ1) is 14.7. The average Bonchev–Trinajstić information content (AvgIpc) is 2.23. The highest BCUT2D eigenvalue weighted by Crippen LogP contribution is 2.05. The van der Waals surface area contributed by atoms with E-state index in [1.54, 1.807) is 0 Å². The van der Waals surface area contributed by atoms with E-state index in [-0.39, 0.29) is 25.5 Å². The summed E-state index contributed by atoms with van der Waals surface area (Å²) in [6, 6.07) is 7.59. The molecule has 0 radical (unpaired) electrons. The lowest BCUT2D eigenvalue weighted by molar-refractivity contribution is -0.142. The van der Waals surface area contributed by atoms with Crippen molar-refractivity contribution in [2.75, 3.05) is 19.4 Å². The predicted molar refractivity (Wildman–Crippen MR) is 68.7 cm³/mol. The molecule has 100 valence electrons. The van der Waals surface area contributed by atoms with E-state index in [2.05, 4.69) is 4.72 Å². The van der Waals surface area contributed by atoms with Crippen LogP contribution in [0.4, 0.5) is 0 Å². The molecule has 1 rings (SSSR count). The molecule has 0 unspecified atom stereocenters. The molecule has 1 N–H and O–H groups in total. The van der Waals surface area contributed by atoms with Crippen LogP contribution >= 0.6 is 0 Å². The predicted octanol–water partition coefficient (Wildman–Crippen LogP) is 0.630. The van der Waals surface area contributed by atoms with Gasteiger partial charge in [-0.2, -0.15) is 0 Å². The van der Waals surface area contributed by atoms with Crippen LogP contribution in [0.2, 0.25) is 0 Å². The molecule has 0 aliphatic rings. The fourth-order valence-corrected chi connectivity index (χ4v) is 1.89. The largest absolute Gasteiger partial charge is 0.464 e. The molecular weight excluding hydrogens is 254 g/mol. The van der Waals surface area contributed by atoms with Crippen LogP contribution in [-0.4, -0.2) is 33.8 Å². The maximum absolute atomic E-state index is 11.4. The van der Waals surface area contributed by atoms with Crippen LogP contribution in [0.5, 0.6) is 0 Å². The van der Waals surface area contributed by atoms with Crippen LogP contribution in [0.1, 0.15) is 11.1 Å². The molecule has 0 bridgehead atoms. The molecule has 0 aliphatic heterocycles. The third-order valence-corrected chi connectivity index (χ3v) is 2.89. The van der Waals surface area contributed by atoms with E-state index in [9.17, 15) is 13.2 Å². The first-order chi connectivity index (χ1) is 8.37. The quantitative estimate of drug-likeness (QED) is 0.608. The zero-order chi connectivity index (χ0) is 13.6. The molecule has 0 saturated heterocycles. The van der Waals surface area contributed by atoms with Gasteiger partial charge in [0, 0.05) is 6.54 Å². The Morgan fingerprint density at radius 2 is 2.11 bits per heavy atom. The molecule has 0 saturated carbocycles. The van der Waals surface area contributed by atoms with Crippen molar-refractivity contribution >= 4 is 16.0 Å². The summed E-state index contributed by atoms with van der Waals surface area (Å²) in [7, 11) is -3.23. The molecule has 1 aromatic rings. The van der Waals surface area contributed by atoms with Gasteiger partial charge in [0.25, 0.3) is 0 Å². The maximum atomic E-state index is 11.4. The third-order valence-electron chi connectivity index (χ3n) is 2.16. The zero-order valence-electron chi connectivity index (χ0n) is 10.5. The van der Waals surface area contributed by atoms with Gasteiger partial charge in [-0.25, -0.2) is 13.1 Å². The van der Waals surface area contributed by atoms with E-state index < -0.39 is 10.0 Å². The molecule has 0 atom stereocenters. The number of hydrogen-bond donors (Lipinski definition) is 1. The Kier molecular flexibility index (Phi) is 5.30. The van der Waals surface area contributed by atoms with Crippen molar-refractivity contribution in [3.8, 4) is 0 Å². The number of ether oxygens (including phenoxy) is 1. The highest BCUT2D eigenvalue weighted by molar-refractivity contribution is 7.88. The van der Waals surface area contributed by atoms with Crippen molar-refractivity contribution in [3.05, 3.63) is 35.4 Å². The second-order valence-corrected chi connectivity index (χ2v) is 5.89. The number of esters is 1. The van der Waals surface area contributed by atoms with Gasteiger partial charge in [-0.15, -0.1) is 0 Å². The van der Waals surface area contributed by atoms with Crippen molar-refractivity contribution < 1.29 is 17.9 Å². The van der Waals surface area contributed by atoms with Gasteiger partial charge >= 0.3 is 5.97 Å². The smallest absolute Gasteiger partial charge is 0.310 e. The minimum atomic E-state index is -3.23. The lowest BCUT2D eigenvalue weighted by Crippen LogP contribution is -2.27. The maximum Gasteiger partial charge on any atom is 0.310 e. The van der Waals surface area contributed by atoms with Gasteiger partial charge in [0.2, 0.25) is 10.0 Å². The van der Waals surface area contributed by atoms with Crippen molar-refractivity contribution in [1.29, 1.82) is 0 Å². The molecular formula is C12H17NO4S. The number of nitrogens with one attached hydrogen (secondary N) is 1. The van der Waals surface area contributed by atoms with Gasteiger partial charge in [-0.3, -0.25) is 4.79 Å². The van der Waals surface area contributed by atoms with Crippen LogP contribution in [0.15, 0.2) is 24.3 Å². The van der Waals surface area contributed by atoms with Gasteiger partial charge in [0.15, 0.2) is 0 Å². The van der Waals surface area contributed by atoms with Gasteiger partial charge in [-0.1, -0.05) is 29.8 Å². The summed E-state index contributed by atoms with van der Waals surface area (Å²) in [5, 5.41) is 0. The van der Waals surface area contributed by atoms with E-state index in [1.807, 2.05) is 31.2 Å². The Bertz CT molecular complexity index is 511. The molecule has 0 fully saturated rings. The summed E-state index contributed by atoms with van der Waals surface area (Å²) >= 11 is 0. The summed E-state index contributed by atoms with van der Waals surface area (Å²) < 4.78 is 28.7. The zero-order valence-corrected chi connectivity index (χ0v) is 11.3. The van der Waals surface area contributed by atoms with Crippen LogP contribution < -0.4 is 4.72 Å². The normalized spacial score (nSPS) is 11.2. The fourth-order valence-electron chi connectivity index (χ4n) is 1.43. The molecule has 18 heavy (non-hydrogen) atoms. The van der Waals surface area contributed by atoms with Crippen LogP contribution in [0, 0.1) is 6.92 Å². The van der Waals surface area contributed by atoms with Crippen molar-refractivity contribution in [2.24, 2.45) is 0 Å². The molecule has 6 heteroatoms. The summed E-state index contributed by atoms with van der Waals surface area (Å²) in [6.07, 6.45) is 1.25. The van der Waals surface area contributed by atoms with Crippen molar-refractivity contribution in [3.63, 3.8) is 0 Å². The lowest BCUT2D eigenvalue weighted by Gasteiger charge is -2.05. The number of benzene rings is 1. The molecule has 1 aromatic carbocycles. The first-order valence-electron chi connectivity index (χ1n) is 5.52. The Labute approximate surface area is 107 Å². The van der Waals surface area contributed by atoms with Gasteiger partial charge < -0.3 is 4.74 Å². The highest BCUT2D eigenvalue weighted by Gasteiger charge is 2.05. The molecule has 0 aromatic heterocycles. The Balaban J connectivity index is 2.30. The van der Waals surface area contributed by atoms with Crippen LogP contribution in [-0.2, 0) is 26.0 Å². The highest BCUT2D eigenvalue weighted by atomic mass is 32.2. The average molecular weight is 271 g/mol. The number of aryl methyl sites for hydroxylation is 1. The standard InChI is InChI=1S/C12H17NO4S/c1-10-4-3-5-11(8-10)9-12(14)17-7-6-13-18(2,15)16/h3-5,8,13H,6-7,9H2,1-2H3. The summed E-state index contributed by atoms with van der Waals surface area (Å²) in [6.45, 7) is 2.08.